The summed E-state index contributed by atoms with van der Waals surface area (Å²) in [6.45, 7) is 0. The summed E-state index contributed by atoms with van der Waals surface area (Å²) in [6, 6.07) is 16.5. The number of benzene rings is 2. The molecule has 0 aliphatic heterocycles. The Kier molecular flexibility index (Phi) is 2.11. The van der Waals surface area contributed by atoms with Crippen LogP contribution >= 0.6 is 0 Å². The lowest BCUT2D eigenvalue weighted by Crippen LogP contribution is -1.84. The summed E-state index contributed by atoms with van der Waals surface area (Å²) in [4.78, 5) is 7.92. The third-order valence-corrected chi connectivity index (χ3v) is 2.58. The van der Waals surface area contributed by atoms with Gasteiger partial charge in [0.25, 0.3) is 0 Å². The van der Waals surface area contributed by atoms with Crippen molar-refractivity contribution in [3.05, 3.63) is 61.1 Å². The van der Waals surface area contributed by atoms with E-state index in [2.05, 4.69) is 46.6 Å². The lowest BCUT2D eigenvalue weighted by Gasteiger charge is -2.02. The Morgan fingerprint density at radius 2 is 1.75 bits per heavy atom. The van der Waals surface area contributed by atoms with Gasteiger partial charge in [-0.2, -0.15) is 0 Å². The molecule has 3 aromatic rings. The molecule has 0 bridgehead atoms. The second-order valence-corrected chi connectivity index (χ2v) is 3.60. The van der Waals surface area contributed by atoms with Crippen LogP contribution in [0.2, 0.25) is 0 Å². The maximum atomic E-state index is 4.12. The second kappa shape index (κ2) is 3.74. The van der Waals surface area contributed by atoms with Crippen LogP contribution in [0.3, 0.4) is 0 Å². The van der Waals surface area contributed by atoms with Gasteiger partial charge in [0.1, 0.15) is 0 Å². The van der Waals surface area contributed by atoms with Gasteiger partial charge in [0.15, 0.2) is 6.33 Å². The molecular weight excluding hydrogens is 196 g/mol. The highest BCUT2D eigenvalue weighted by Gasteiger charge is 1.99. The average molecular weight is 205 g/mol. The molecule has 0 saturated heterocycles. The van der Waals surface area contributed by atoms with Crippen LogP contribution in [0.15, 0.2) is 54.7 Å². The molecule has 16 heavy (non-hydrogen) atoms. The van der Waals surface area contributed by atoms with Crippen LogP contribution in [0.25, 0.3) is 22.0 Å². The molecule has 0 atom stereocenters. The fraction of sp³-hybridized carbons (Fsp3) is 0. The molecule has 2 heteroatoms. The van der Waals surface area contributed by atoms with E-state index in [0.29, 0.717) is 0 Å². The van der Waals surface area contributed by atoms with Gasteiger partial charge in [0.05, 0.1) is 5.69 Å². The van der Waals surface area contributed by atoms with Gasteiger partial charge in [-0.3, -0.25) is 0 Å². The van der Waals surface area contributed by atoms with Crippen molar-refractivity contribution in [1.82, 2.24) is 9.97 Å². The lowest BCUT2D eigenvalue weighted by molar-refractivity contribution is 1.15. The van der Waals surface area contributed by atoms with Crippen LogP contribution < -0.4 is 0 Å². The van der Waals surface area contributed by atoms with Gasteiger partial charge in [0, 0.05) is 11.8 Å². The van der Waals surface area contributed by atoms with Crippen LogP contribution in [0, 0.1) is 6.33 Å². The standard InChI is InChI=1S/C14H9N2/c1-2-4-12-9-13(6-5-11(12)3-1)14-7-8-15-10-16-14/h1-9H. The van der Waals surface area contributed by atoms with E-state index in [4.69, 9.17) is 0 Å². The largest absolute Gasteiger partial charge is 0.234 e. The first kappa shape index (κ1) is 9.04. The van der Waals surface area contributed by atoms with Crippen molar-refractivity contribution >= 4 is 10.8 Å². The van der Waals surface area contributed by atoms with E-state index < -0.39 is 0 Å². The average Bonchev–Trinajstić information content (AvgIpc) is 2.39. The van der Waals surface area contributed by atoms with Crippen LogP contribution in [0.1, 0.15) is 0 Å². The van der Waals surface area contributed by atoms with E-state index in [-0.39, 0.29) is 0 Å². The van der Waals surface area contributed by atoms with E-state index in [9.17, 15) is 0 Å². The van der Waals surface area contributed by atoms with Gasteiger partial charge in [0.2, 0.25) is 0 Å². The Hall–Kier alpha value is -2.22. The van der Waals surface area contributed by atoms with Crippen LogP contribution in [-0.2, 0) is 0 Å². The summed E-state index contributed by atoms with van der Waals surface area (Å²) in [5.41, 5.74) is 2.00. The maximum Gasteiger partial charge on any atom is 0.198 e. The first-order valence-corrected chi connectivity index (χ1v) is 5.12. The van der Waals surface area contributed by atoms with Gasteiger partial charge < -0.3 is 0 Å². The zero-order valence-electron chi connectivity index (χ0n) is 8.59. The molecule has 0 unspecified atom stereocenters. The molecule has 2 aromatic carbocycles. The van der Waals surface area contributed by atoms with Crippen LogP contribution in [0.5, 0.6) is 0 Å². The summed E-state index contributed by atoms with van der Waals surface area (Å²) < 4.78 is 0. The highest BCUT2D eigenvalue weighted by molar-refractivity contribution is 5.86. The van der Waals surface area contributed by atoms with E-state index in [1.807, 2.05) is 18.2 Å². The molecule has 0 amide bonds. The van der Waals surface area contributed by atoms with Crippen molar-refractivity contribution in [3.8, 4) is 11.3 Å². The minimum Gasteiger partial charge on any atom is -0.234 e. The second-order valence-electron chi connectivity index (χ2n) is 3.60. The summed E-state index contributed by atoms with van der Waals surface area (Å²) in [6.07, 6.45) is 4.31. The summed E-state index contributed by atoms with van der Waals surface area (Å²) in [7, 11) is 0. The van der Waals surface area contributed by atoms with Crippen molar-refractivity contribution in [3.63, 3.8) is 0 Å². The first-order chi connectivity index (χ1) is 7.93. The van der Waals surface area contributed by atoms with Gasteiger partial charge in [-0.05, 0) is 22.9 Å². The molecule has 2 nitrogen and oxygen atoms in total. The van der Waals surface area contributed by atoms with Crippen molar-refractivity contribution in [2.45, 2.75) is 0 Å². The van der Waals surface area contributed by atoms with Crippen molar-refractivity contribution in [2.75, 3.05) is 0 Å². The maximum absolute atomic E-state index is 4.12. The molecule has 0 spiro atoms. The molecule has 0 aliphatic carbocycles. The van der Waals surface area contributed by atoms with Crippen molar-refractivity contribution < 1.29 is 0 Å². The van der Waals surface area contributed by atoms with Crippen molar-refractivity contribution in [2.24, 2.45) is 0 Å². The summed E-state index contributed by atoms with van der Waals surface area (Å²) >= 11 is 0. The zero-order valence-corrected chi connectivity index (χ0v) is 8.59. The van der Waals surface area contributed by atoms with E-state index in [0.717, 1.165) is 11.3 Å². The molecule has 1 aromatic heterocycles. The first-order valence-electron chi connectivity index (χ1n) is 5.12. The highest BCUT2D eigenvalue weighted by Crippen LogP contribution is 2.22. The number of nitrogens with zero attached hydrogens (tertiary/aromatic N) is 2. The summed E-state index contributed by atoms with van der Waals surface area (Å²) in [5.74, 6) is 0. The van der Waals surface area contributed by atoms with Gasteiger partial charge in [-0.25, -0.2) is 9.97 Å². The molecular formula is C14H9N2. The molecule has 1 radical (unpaired) electrons. The third-order valence-electron chi connectivity index (χ3n) is 2.58. The van der Waals surface area contributed by atoms with E-state index in [1.54, 1.807) is 6.20 Å². The Bertz CT molecular complexity index is 618. The van der Waals surface area contributed by atoms with Gasteiger partial charge >= 0.3 is 0 Å². The fourth-order valence-corrected chi connectivity index (χ4v) is 1.77. The van der Waals surface area contributed by atoms with Crippen LogP contribution in [0.4, 0.5) is 0 Å². The minimum atomic E-state index is 0.903. The normalized spacial score (nSPS) is 10.5. The Morgan fingerprint density at radius 1 is 0.875 bits per heavy atom. The molecule has 0 saturated carbocycles. The lowest BCUT2D eigenvalue weighted by atomic mass is 10.1. The Balaban J connectivity index is 2.19. The predicted molar refractivity (Wildman–Crippen MR) is 63.8 cm³/mol. The highest BCUT2D eigenvalue weighted by atomic mass is 14.8. The fourth-order valence-electron chi connectivity index (χ4n) is 1.77. The SMILES string of the molecule is [c]1nccc(-c2ccc3ccccc3c2)n1. The molecule has 0 fully saturated rings. The monoisotopic (exact) mass is 205 g/mol. The predicted octanol–water partition coefficient (Wildman–Crippen LogP) is 3.10. The third kappa shape index (κ3) is 1.54. The molecule has 3 rings (SSSR count). The number of aromatic nitrogens is 2. The number of hydrogen-bond donors (Lipinski definition) is 0. The number of fused-ring (bicyclic) bond motifs is 1. The topological polar surface area (TPSA) is 25.8 Å². The van der Waals surface area contributed by atoms with E-state index in [1.165, 1.54) is 10.8 Å². The van der Waals surface area contributed by atoms with E-state index >= 15 is 0 Å². The molecule has 1 heterocycles. The Labute approximate surface area is 93.6 Å². The molecule has 75 valence electrons. The van der Waals surface area contributed by atoms with Gasteiger partial charge in [-0.1, -0.05) is 36.4 Å². The number of rotatable bonds is 1. The molecule has 0 N–H and O–H groups in total. The summed E-state index contributed by atoms with van der Waals surface area (Å²) in [5, 5.41) is 2.46. The van der Waals surface area contributed by atoms with Crippen molar-refractivity contribution in [1.29, 1.82) is 0 Å². The number of hydrogen-bond acceptors (Lipinski definition) is 2. The smallest absolute Gasteiger partial charge is 0.198 e. The molecule has 0 aliphatic rings. The Morgan fingerprint density at radius 3 is 2.56 bits per heavy atom. The van der Waals surface area contributed by atoms with Crippen LogP contribution in [-0.4, -0.2) is 9.97 Å². The minimum absolute atomic E-state index is 0.903. The van der Waals surface area contributed by atoms with Gasteiger partial charge in [-0.15, -0.1) is 0 Å². The zero-order chi connectivity index (χ0) is 10.8. The quantitative estimate of drug-likeness (QED) is 0.610.